The van der Waals surface area contributed by atoms with Crippen molar-refractivity contribution in [1.29, 1.82) is 0 Å². The van der Waals surface area contributed by atoms with Crippen LogP contribution in [-0.2, 0) is 9.59 Å². The summed E-state index contributed by atoms with van der Waals surface area (Å²) in [6, 6.07) is 7.82. The topological polar surface area (TPSA) is 57.6 Å². The van der Waals surface area contributed by atoms with Crippen molar-refractivity contribution < 1.29 is 14.7 Å². The molecule has 1 saturated heterocycles. The van der Waals surface area contributed by atoms with Crippen LogP contribution in [0.3, 0.4) is 0 Å². The van der Waals surface area contributed by atoms with E-state index in [0.29, 0.717) is 19.5 Å². The average Bonchev–Trinajstić information content (AvgIpc) is 2.49. The summed E-state index contributed by atoms with van der Waals surface area (Å²) < 4.78 is 1.01. The standard InChI is InChI=1S/C15H18BrNO3S/c1-10(21-13-6-4-12(16)5-7-13)14(18)17-8-2-3-11(9-17)15(19)20/h4-7,10-11H,2-3,8-9H2,1H3,(H,19,20). The Hall–Kier alpha value is -1.01. The molecule has 0 saturated carbocycles. The largest absolute Gasteiger partial charge is 0.481 e. The van der Waals surface area contributed by atoms with Crippen molar-refractivity contribution >= 4 is 39.6 Å². The van der Waals surface area contributed by atoms with E-state index in [-0.39, 0.29) is 11.2 Å². The summed E-state index contributed by atoms with van der Waals surface area (Å²) in [5.74, 6) is -1.21. The summed E-state index contributed by atoms with van der Waals surface area (Å²) in [6.07, 6.45) is 1.42. The number of rotatable bonds is 4. The van der Waals surface area contributed by atoms with Crippen LogP contribution in [0.1, 0.15) is 19.8 Å². The molecule has 0 bridgehead atoms. The third-order valence-electron chi connectivity index (χ3n) is 3.56. The number of carboxylic acids is 1. The fraction of sp³-hybridized carbons (Fsp3) is 0.467. The monoisotopic (exact) mass is 371 g/mol. The molecule has 1 N–H and O–H groups in total. The van der Waals surface area contributed by atoms with E-state index in [0.717, 1.165) is 15.8 Å². The Morgan fingerprint density at radius 2 is 2.05 bits per heavy atom. The SMILES string of the molecule is CC(Sc1ccc(Br)cc1)C(=O)N1CCCC(C(=O)O)C1. The fourth-order valence-electron chi connectivity index (χ4n) is 2.40. The van der Waals surface area contributed by atoms with Crippen molar-refractivity contribution in [3.05, 3.63) is 28.7 Å². The van der Waals surface area contributed by atoms with E-state index in [2.05, 4.69) is 15.9 Å². The first-order chi connectivity index (χ1) is 9.97. The van der Waals surface area contributed by atoms with Crippen LogP contribution in [0.25, 0.3) is 0 Å². The van der Waals surface area contributed by atoms with Gasteiger partial charge in [-0.2, -0.15) is 0 Å². The lowest BCUT2D eigenvalue weighted by atomic mass is 9.98. The van der Waals surface area contributed by atoms with E-state index in [4.69, 9.17) is 5.11 Å². The summed E-state index contributed by atoms with van der Waals surface area (Å²) in [7, 11) is 0. The summed E-state index contributed by atoms with van der Waals surface area (Å²) >= 11 is 4.89. The molecule has 1 aliphatic rings. The Morgan fingerprint density at radius 1 is 1.38 bits per heavy atom. The van der Waals surface area contributed by atoms with Gasteiger partial charge in [-0.05, 0) is 44.0 Å². The summed E-state index contributed by atoms with van der Waals surface area (Å²) in [6.45, 7) is 2.87. The van der Waals surface area contributed by atoms with Gasteiger partial charge in [0.1, 0.15) is 0 Å². The molecule has 1 fully saturated rings. The molecule has 114 valence electrons. The highest BCUT2D eigenvalue weighted by Crippen LogP contribution is 2.27. The minimum absolute atomic E-state index is 0.0221. The minimum atomic E-state index is -0.805. The second-order valence-corrected chi connectivity index (χ2v) is 7.51. The second-order valence-electron chi connectivity index (χ2n) is 5.18. The van der Waals surface area contributed by atoms with Gasteiger partial charge in [0.05, 0.1) is 11.2 Å². The van der Waals surface area contributed by atoms with E-state index in [1.54, 1.807) is 4.90 Å². The van der Waals surface area contributed by atoms with Gasteiger partial charge < -0.3 is 10.0 Å². The maximum atomic E-state index is 12.4. The van der Waals surface area contributed by atoms with Gasteiger partial charge in [0, 0.05) is 22.5 Å². The van der Waals surface area contributed by atoms with Crippen LogP contribution in [0.15, 0.2) is 33.6 Å². The summed E-state index contributed by atoms with van der Waals surface area (Å²) in [5, 5.41) is 8.88. The van der Waals surface area contributed by atoms with Gasteiger partial charge in [0.25, 0.3) is 0 Å². The molecule has 2 unspecified atom stereocenters. The number of hydrogen-bond donors (Lipinski definition) is 1. The van der Waals surface area contributed by atoms with Crippen LogP contribution in [0, 0.1) is 5.92 Å². The van der Waals surface area contributed by atoms with Crippen LogP contribution >= 0.6 is 27.7 Å². The molecule has 0 radical (unpaired) electrons. The number of piperidine rings is 1. The number of hydrogen-bond acceptors (Lipinski definition) is 3. The number of aliphatic carboxylic acids is 1. The van der Waals surface area contributed by atoms with Gasteiger partial charge >= 0.3 is 5.97 Å². The Bertz CT molecular complexity index is 520. The van der Waals surface area contributed by atoms with E-state index < -0.39 is 11.9 Å². The van der Waals surface area contributed by atoms with Crippen LogP contribution in [-0.4, -0.2) is 40.2 Å². The average molecular weight is 372 g/mol. The van der Waals surface area contributed by atoms with E-state index in [9.17, 15) is 9.59 Å². The molecule has 1 aromatic rings. The van der Waals surface area contributed by atoms with Gasteiger partial charge in [-0.3, -0.25) is 9.59 Å². The number of thioether (sulfide) groups is 1. The number of benzene rings is 1. The van der Waals surface area contributed by atoms with Crippen molar-refractivity contribution in [2.45, 2.75) is 29.9 Å². The quantitative estimate of drug-likeness (QED) is 0.825. The molecule has 2 rings (SSSR count). The lowest BCUT2D eigenvalue weighted by Crippen LogP contribution is -2.45. The zero-order valence-corrected chi connectivity index (χ0v) is 14.2. The van der Waals surface area contributed by atoms with Crippen LogP contribution in [0.4, 0.5) is 0 Å². The molecule has 0 spiro atoms. The molecule has 1 amide bonds. The minimum Gasteiger partial charge on any atom is -0.481 e. The van der Waals surface area contributed by atoms with Crippen molar-refractivity contribution in [3.8, 4) is 0 Å². The molecule has 6 heteroatoms. The van der Waals surface area contributed by atoms with Crippen molar-refractivity contribution in [2.75, 3.05) is 13.1 Å². The van der Waals surface area contributed by atoms with Gasteiger partial charge in [-0.15, -0.1) is 11.8 Å². The lowest BCUT2D eigenvalue weighted by molar-refractivity contribution is -0.145. The zero-order chi connectivity index (χ0) is 15.4. The normalized spacial score (nSPS) is 20.1. The Morgan fingerprint density at radius 3 is 2.67 bits per heavy atom. The van der Waals surface area contributed by atoms with Gasteiger partial charge in [-0.25, -0.2) is 0 Å². The summed E-state index contributed by atoms with van der Waals surface area (Å²) in [5.41, 5.74) is 0. The highest BCUT2D eigenvalue weighted by atomic mass is 79.9. The molecule has 1 aromatic carbocycles. The van der Waals surface area contributed by atoms with Crippen molar-refractivity contribution in [3.63, 3.8) is 0 Å². The first-order valence-electron chi connectivity index (χ1n) is 6.91. The number of amides is 1. The van der Waals surface area contributed by atoms with Crippen LogP contribution in [0.5, 0.6) is 0 Å². The molecule has 0 aromatic heterocycles. The van der Waals surface area contributed by atoms with Gasteiger partial charge in [-0.1, -0.05) is 15.9 Å². The number of carboxylic acid groups (broad SMARTS) is 1. The highest BCUT2D eigenvalue weighted by molar-refractivity contribution is 9.10. The predicted octanol–water partition coefficient (Wildman–Crippen LogP) is 3.25. The maximum absolute atomic E-state index is 12.4. The lowest BCUT2D eigenvalue weighted by Gasteiger charge is -2.32. The number of halogens is 1. The third kappa shape index (κ3) is 4.48. The maximum Gasteiger partial charge on any atom is 0.308 e. The molecule has 1 aliphatic heterocycles. The van der Waals surface area contributed by atoms with Crippen LogP contribution in [0.2, 0.25) is 0 Å². The molecule has 4 nitrogen and oxygen atoms in total. The Balaban J connectivity index is 1.95. The van der Waals surface area contributed by atoms with E-state index >= 15 is 0 Å². The van der Waals surface area contributed by atoms with Crippen LogP contribution < -0.4 is 0 Å². The third-order valence-corrected chi connectivity index (χ3v) is 5.18. The van der Waals surface area contributed by atoms with Crippen molar-refractivity contribution in [2.24, 2.45) is 5.92 Å². The molecule has 1 heterocycles. The fourth-order valence-corrected chi connectivity index (χ4v) is 3.62. The van der Waals surface area contributed by atoms with E-state index in [1.165, 1.54) is 11.8 Å². The smallest absolute Gasteiger partial charge is 0.308 e. The summed E-state index contributed by atoms with van der Waals surface area (Å²) in [4.78, 5) is 26.2. The highest BCUT2D eigenvalue weighted by Gasteiger charge is 2.30. The first-order valence-corrected chi connectivity index (χ1v) is 8.58. The number of likely N-dealkylation sites (tertiary alicyclic amines) is 1. The molecule has 2 atom stereocenters. The molecule has 21 heavy (non-hydrogen) atoms. The molecular weight excluding hydrogens is 354 g/mol. The second kappa shape index (κ2) is 7.31. The zero-order valence-electron chi connectivity index (χ0n) is 11.8. The molecular formula is C15H18BrNO3S. The Kier molecular flexibility index (Phi) is 5.70. The van der Waals surface area contributed by atoms with Gasteiger partial charge in [0.2, 0.25) is 5.91 Å². The molecule has 0 aliphatic carbocycles. The number of carbonyl (C=O) groups excluding carboxylic acids is 1. The first kappa shape index (κ1) is 16.4. The predicted molar refractivity (Wildman–Crippen MR) is 86.4 cm³/mol. The van der Waals surface area contributed by atoms with E-state index in [1.807, 2.05) is 31.2 Å². The number of carbonyl (C=O) groups is 2. The Labute approximate surface area is 137 Å². The number of nitrogens with zero attached hydrogens (tertiary/aromatic N) is 1. The van der Waals surface area contributed by atoms with Crippen molar-refractivity contribution in [1.82, 2.24) is 4.90 Å². The van der Waals surface area contributed by atoms with Gasteiger partial charge in [0.15, 0.2) is 0 Å².